The summed E-state index contributed by atoms with van der Waals surface area (Å²) in [5.74, 6) is 0.593. The molecule has 5 nitrogen and oxygen atoms in total. The Morgan fingerprint density at radius 1 is 1.24 bits per heavy atom. The molecule has 0 aliphatic heterocycles. The van der Waals surface area contributed by atoms with Gasteiger partial charge in [-0.25, -0.2) is 4.98 Å². The SMILES string of the molecule is Cc1cc(O)c(-c2ccc(C3CCCC3N)cc2)c2c1[nH]c(=O)c1scnc12.Cl. The van der Waals surface area contributed by atoms with Crippen LogP contribution in [-0.2, 0) is 0 Å². The van der Waals surface area contributed by atoms with E-state index in [1.54, 1.807) is 11.6 Å². The molecule has 150 valence electrons. The molecule has 1 saturated carbocycles. The molecule has 0 radical (unpaired) electrons. The lowest BCUT2D eigenvalue weighted by molar-refractivity contribution is 0.477. The standard InChI is InChI=1S/C22H21N3O2S.ClH/c1-11-9-16(26)17(18-19(11)25-22(27)21-20(18)24-10-28-21)13-7-5-12(6-8-13)14-3-2-4-15(14)23;/h5-10,14-15,26H,2-4,23H2,1H3,(H,25,27);1H. The van der Waals surface area contributed by atoms with Gasteiger partial charge in [0.2, 0.25) is 0 Å². The molecule has 4 aromatic rings. The molecular weight excluding hydrogens is 406 g/mol. The highest BCUT2D eigenvalue weighted by Crippen LogP contribution is 2.41. The zero-order valence-corrected chi connectivity index (χ0v) is 17.6. The molecule has 29 heavy (non-hydrogen) atoms. The number of nitrogens with zero attached hydrogens (tertiary/aromatic N) is 1. The lowest BCUT2D eigenvalue weighted by atomic mass is 9.91. The van der Waals surface area contributed by atoms with Crippen molar-refractivity contribution in [1.82, 2.24) is 9.97 Å². The fourth-order valence-corrected chi connectivity index (χ4v) is 5.23. The summed E-state index contributed by atoms with van der Waals surface area (Å²) in [6, 6.07) is 10.2. The minimum Gasteiger partial charge on any atom is -0.507 e. The Morgan fingerprint density at radius 3 is 2.69 bits per heavy atom. The molecule has 2 atom stereocenters. The van der Waals surface area contributed by atoms with Crippen molar-refractivity contribution in [1.29, 1.82) is 0 Å². The second kappa shape index (κ2) is 7.44. The van der Waals surface area contributed by atoms with Gasteiger partial charge in [-0.2, -0.15) is 0 Å². The van der Waals surface area contributed by atoms with Crippen LogP contribution in [0.25, 0.3) is 32.2 Å². The van der Waals surface area contributed by atoms with E-state index in [1.165, 1.54) is 23.3 Å². The minimum atomic E-state index is -0.143. The summed E-state index contributed by atoms with van der Waals surface area (Å²) in [7, 11) is 0. The van der Waals surface area contributed by atoms with Gasteiger partial charge in [-0.1, -0.05) is 30.7 Å². The Labute approximate surface area is 178 Å². The molecule has 1 aliphatic carbocycles. The van der Waals surface area contributed by atoms with E-state index in [-0.39, 0.29) is 29.8 Å². The number of aromatic hydroxyl groups is 1. The highest BCUT2D eigenvalue weighted by Gasteiger charge is 2.25. The average Bonchev–Trinajstić information content (AvgIpc) is 3.33. The summed E-state index contributed by atoms with van der Waals surface area (Å²) in [4.78, 5) is 19.8. The van der Waals surface area contributed by atoms with E-state index in [9.17, 15) is 9.90 Å². The first-order valence-electron chi connectivity index (χ1n) is 9.52. The van der Waals surface area contributed by atoms with E-state index in [0.29, 0.717) is 21.7 Å². The highest BCUT2D eigenvalue weighted by molar-refractivity contribution is 7.16. The molecule has 2 heterocycles. The number of aromatic nitrogens is 2. The molecule has 1 fully saturated rings. The Bertz CT molecular complexity index is 1260. The zero-order chi connectivity index (χ0) is 19.4. The molecule has 7 heteroatoms. The number of halogens is 1. The van der Waals surface area contributed by atoms with Crippen LogP contribution in [0.4, 0.5) is 0 Å². The van der Waals surface area contributed by atoms with Crippen LogP contribution >= 0.6 is 23.7 Å². The summed E-state index contributed by atoms with van der Waals surface area (Å²) < 4.78 is 0.576. The molecule has 0 amide bonds. The fraction of sp³-hybridized carbons (Fsp3) is 0.273. The number of thiazole rings is 1. The van der Waals surface area contributed by atoms with Crippen LogP contribution in [-0.4, -0.2) is 21.1 Å². The molecule has 2 unspecified atom stereocenters. The van der Waals surface area contributed by atoms with Gasteiger partial charge in [0.15, 0.2) is 0 Å². The van der Waals surface area contributed by atoms with Gasteiger partial charge in [-0.3, -0.25) is 4.79 Å². The van der Waals surface area contributed by atoms with E-state index in [2.05, 4.69) is 22.1 Å². The van der Waals surface area contributed by atoms with E-state index in [4.69, 9.17) is 5.73 Å². The highest BCUT2D eigenvalue weighted by atomic mass is 35.5. The number of phenols is 1. The van der Waals surface area contributed by atoms with Crippen molar-refractivity contribution in [3.05, 3.63) is 57.3 Å². The number of rotatable bonds is 2. The number of benzene rings is 2. The van der Waals surface area contributed by atoms with Crippen LogP contribution in [0, 0.1) is 6.92 Å². The third kappa shape index (κ3) is 3.12. The average molecular weight is 428 g/mol. The minimum absolute atomic E-state index is 0. The van der Waals surface area contributed by atoms with Gasteiger partial charge in [0, 0.05) is 17.0 Å². The van der Waals surface area contributed by atoms with Crippen LogP contribution in [0.5, 0.6) is 5.75 Å². The van der Waals surface area contributed by atoms with E-state index < -0.39 is 0 Å². The largest absolute Gasteiger partial charge is 0.507 e. The number of phenolic OH excluding ortho intramolecular Hbond substituents is 1. The summed E-state index contributed by atoms with van der Waals surface area (Å²) >= 11 is 1.31. The molecule has 0 spiro atoms. The maximum Gasteiger partial charge on any atom is 0.268 e. The Hall–Kier alpha value is -2.41. The number of hydrogen-bond donors (Lipinski definition) is 3. The fourth-order valence-electron chi connectivity index (χ4n) is 4.54. The molecule has 1 aliphatic rings. The van der Waals surface area contributed by atoms with Gasteiger partial charge >= 0.3 is 0 Å². The van der Waals surface area contributed by atoms with Crippen LogP contribution in [0.2, 0.25) is 0 Å². The summed E-state index contributed by atoms with van der Waals surface area (Å²) in [6.07, 6.45) is 3.37. The van der Waals surface area contributed by atoms with Crippen molar-refractivity contribution in [3.63, 3.8) is 0 Å². The number of aromatic amines is 1. The molecule has 2 aromatic carbocycles. The third-order valence-electron chi connectivity index (χ3n) is 5.95. The van der Waals surface area contributed by atoms with Crippen molar-refractivity contribution >= 4 is 44.9 Å². The number of H-pyrrole nitrogens is 1. The summed E-state index contributed by atoms with van der Waals surface area (Å²) in [5, 5.41) is 11.6. The number of nitrogens with one attached hydrogen (secondary N) is 1. The molecule has 0 saturated heterocycles. The Kier molecular flexibility index (Phi) is 5.11. The second-order valence-electron chi connectivity index (χ2n) is 7.65. The first-order chi connectivity index (χ1) is 13.5. The van der Waals surface area contributed by atoms with Gasteiger partial charge in [0.25, 0.3) is 5.56 Å². The number of hydrogen-bond acceptors (Lipinski definition) is 5. The Morgan fingerprint density at radius 2 is 2.00 bits per heavy atom. The predicted molar refractivity (Wildman–Crippen MR) is 121 cm³/mol. The molecule has 2 aromatic heterocycles. The van der Waals surface area contributed by atoms with Crippen molar-refractivity contribution in [2.24, 2.45) is 5.73 Å². The lowest BCUT2D eigenvalue weighted by Gasteiger charge is -2.17. The number of nitrogens with two attached hydrogens (primary N) is 1. The van der Waals surface area contributed by atoms with Gasteiger partial charge in [0.05, 0.1) is 16.5 Å². The summed E-state index contributed by atoms with van der Waals surface area (Å²) in [5.41, 5.74) is 12.8. The quantitative estimate of drug-likeness (QED) is 0.427. The molecule has 5 rings (SSSR count). The van der Waals surface area contributed by atoms with Crippen molar-refractivity contribution in [2.45, 2.75) is 38.1 Å². The molecular formula is C22H22ClN3O2S. The van der Waals surface area contributed by atoms with Crippen LogP contribution in [0.1, 0.15) is 36.3 Å². The van der Waals surface area contributed by atoms with Crippen molar-refractivity contribution in [3.8, 4) is 16.9 Å². The zero-order valence-electron chi connectivity index (χ0n) is 15.9. The van der Waals surface area contributed by atoms with Gasteiger partial charge in [-0.05, 0) is 48.4 Å². The first kappa shape index (κ1) is 19.9. The second-order valence-corrected chi connectivity index (χ2v) is 8.50. The smallest absolute Gasteiger partial charge is 0.268 e. The van der Waals surface area contributed by atoms with Crippen LogP contribution in [0.3, 0.4) is 0 Å². The van der Waals surface area contributed by atoms with E-state index in [1.807, 2.05) is 19.1 Å². The maximum atomic E-state index is 12.4. The number of pyridine rings is 1. The van der Waals surface area contributed by atoms with Gasteiger partial charge < -0.3 is 15.8 Å². The maximum absolute atomic E-state index is 12.4. The lowest BCUT2D eigenvalue weighted by Crippen LogP contribution is -2.22. The summed E-state index contributed by atoms with van der Waals surface area (Å²) in [6.45, 7) is 1.88. The van der Waals surface area contributed by atoms with E-state index >= 15 is 0 Å². The normalized spacial score (nSPS) is 19.0. The van der Waals surface area contributed by atoms with E-state index in [0.717, 1.165) is 34.9 Å². The van der Waals surface area contributed by atoms with Crippen LogP contribution in [0.15, 0.2) is 40.6 Å². The number of fused-ring (bicyclic) bond motifs is 3. The van der Waals surface area contributed by atoms with Crippen LogP contribution < -0.4 is 11.3 Å². The van der Waals surface area contributed by atoms with Crippen molar-refractivity contribution in [2.75, 3.05) is 0 Å². The molecule has 4 N–H and O–H groups in total. The third-order valence-corrected chi connectivity index (χ3v) is 6.77. The Balaban J connectivity index is 0.00000205. The van der Waals surface area contributed by atoms with Gasteiger partial charge in [-0.15, -0.1) is 23.7 Å². The topological polar surface area (TPSA) is 92.0 Å². The monoisotopic (exact) mass is 427 g/mol. The number of aryl methyl sites for hydroxylation is 1. The van der Waals surface area contributed by atoms with Crippen molar-refractivity contribution < 1.29 is 5.11 Å². The predicted octanol–water partition coefficient (Wildman–Crippen LogP) is 4.84. The first-order valence-corrected chi connectivity index (χ1v) is 10.4. The molecule has 0 bridgehead atoms. The van der Waals surface area contributed by atoms with Gasteiger partial charge in [0.1, 0.15) is 10.4 Å².